The number of unbranched alkanes of at least 4 members (excludes halogenated alkanes) is 5. The highest BCUT2D eigenvalue weighted by Crippen LogP contribution is 2.14. The van der Waals surface area contributed by atoms with Gasteiger partial charge < -0.3 is 9.47 Å². The normalized spacial score (nSPS) is 12.7. The van der Waals surface area contributed by atoms with Crippen molar-refractivity contribution in [1.82, 2.24) is 0 Å². The van der Waals surface area contributed by atoms with Crippen LogP contribution in [-0.4, -0.2) is 44.6 Å². The molecule has 1 atom stereocenters. The van der Waals surface area contributed by atoms with Gasteiger partial charge in [0.2, 0.25) is 0 Å². The van der Waals surface area contributed by atoms with Crippen molar-refractivity contribution in [3.05, 3.63) is 0 Å². The van der Waals surface area contributed by atoms with Crippen molar-refractivity contribution < 1.29 is 27.5 Å². The highest BCUT2D eigenvalue weighted by Gasteiger charge is 2.35. The van der Waals surface area contributed by atoms with E-state index in [1.165, 1.54) is 0 Å². The van der Waals surface area contributed by atoms with E-state index in [1.54, 1.807) is 13.8 Å². The molecule has 0 saturated carbocycles. The monoisotopic (exact) mass is 350 g/mol. The molecule has 0 fully saturated rings. The molecule has 0 aliphatic rings. The summed E-state index contributed by atoms with van der Waals surface area (Å²) in [5.74, 6) is -1.68. The van der Waals surface area contributed by atoms with E-state index < -0.39 is 33.4 Å². The van der Waals surface area contributed by atoms with Crippen LogP contribution in [0.2, 0.25) is 0 Å². The van der Waals surface area contributed by atoms with E-state index in [9.17, 15) is 18.0 Å². The SMILES string of the molecule is CCCCCCCCS(=O)(=O)C(CC(=O)OCC)C(=O)OCC. The summed E-state index contributed by atoms with van der Waals surface area (Å²) in [5.41, 5.74) is 0. The van der Waals surface area contributed by atoms with E-state index >= 15 is 0 Å². The number of hydrogen-bond acceptors (Lipinski definition) is 6. The Morgan fingerprint density at radius 3 is 2.00 bits per heavy atom. The molecule has 7 heteroatoms. The molecule has 0 spiro atoms. The lowest BCUT2D eigenvalue weighted by atomic mass is 10.1. The zero-order valence-corrected chi connectivity index (χ0v) is 15.3. The number of carbonyl (C=O) groups excluding carboxylic acids is 2. The standard InChI is InChI=1S/C16H30O6S/c1-4-7-8-9-10-11-12-23(19,20)14(16(18)22-6-3)13-15(17)21-5-2/h14H,4-13H2,1-3H3. The van der Waals surface area contributed by atoms with Gasteiger partial charge in [0.15, 0.2) is 15.1 Å². The number of hydrogen-bond donors (Lipinski definition) is 0. The summed E-state index contributed by atoms with van der Waals surface area (Å²) in [6, 6.07) is 0. The topological polar surface area (TPSA) is 86.7 Å². The molecule has 0 aromatic rings. The third kappa shape index (κ3) is 9.58. The minimum Gasteiger partial charge on any atom is -0.466 e. The largest absolute Gasteiger partial charge is 0.466 e. The second-order valence-corrected chi connectivity index (χ2v) is 7.69. The van der Waals surface area contributed by atoms with Gasteiger partial charge in [-0.3, -0.25) is 9.59 Å². The molecule has 6 nitrogen and oxygen atoms in total. The maximum Gasteiger partial charge on any atom is 0.324 e. The molecule has 0 N–H and O–H groups in total. The lowest BCUT2D eigenvalue weighted by Crippen LogP contribution is -2.36. The highest BCUT2D eigenvalue weighted by atomic mass is 32.2. The first-order valence-electron chi connectivity index (χ1n) is 8.42. The molecule has 0 heterocycles. The Morgan fingerprint density at radius 2 is 1.43 bits per heavy atom. The van der Waals surface area contributed by atoms with Gasteiger partial charge in [0.05, 0.1) is 25.4 Å². The van der Waals surface area contributed by atoms with Gasteiger partial charge in [-0.05, 0) is 20.3 Å². The van der Waals surface area contributed by atoms with Gasteiger partial charge in [-0.1, -0.05) is 39.0 Å². The molecular formula is C16H30O6S. The fraction of sp³-hybridized carbons (Fsp3) is 0.875. The predicted molar refractivity (Wildman–Crippen MR) is 88.8 cm³/mol. The van der Waals surface area contributed by atoms with Gasteiger partial charge in [0.25, 0.3) is 0 Å². The first kappa shape index (κ1) is 21.9. The minimum absolute atomic E-state index is 0.0741. The van der Waals surface area contributed by atoms with Crippen molar-refractivity contribution in [3.63, 3.8) is 0 Å². The Labute approximate surface area is 139 Å². The average Bonchev–Trinajstić information content (AvgIpc) is 2.48. The highest BCUT2D eigenvalue weighted by molar-refractivity contribution is 7.92. The summed E-state index contributed by atoms with van der Waals surface area (Å²) >= 11 is 0. The third-order valence-corrected chi connectivity index (χ3v) is 5.51. The molecule has 0 aromatic carbocycles. The van der Waals surface area contributed by atoms with E-state index in [1.807, 2.05) is 0 Å². The molecule has 0 radical (unpaired) electrons. The van der Waals surface area contributed by atoms with Gasteiger partial charge >= 0.3 is 11.9 Å². The Kier molecular flexibility index (Phi) is 11.7. The second kappa shape index (κ2) is 12.3. The maximum absolute atomic E-state index is 12.4. The fourth-order valence-corrected chi connectivity index (χ4v) is 3.83. The lowest BCUT2D eigenvalue weighted by molar-refractivity contribution is -0.149. The summed E-state index contributed by atoms with van der Waals surface area (Å²) in [7, 11) is -3.73. The maximum atomic E-state index is 12.4. The van der Waals surface area contributed by atoms with E-state index in [0.717, 1.165) is 32.1 Å². The first-order chi connectivity index (χ1) is 10.9. The van der Waals surface area contributed by atoms with E-state index in [4.69, 9.17) is 9.47 Å². The molecule has 0 rings (SSSR count). The predicted octanol–water partition coefficient (Wildman–Crippen LogP) is 2.65. The van der Waals surface area contributed by atoms with Crippen LogP contribution in [0.1, 0.15) is 65.7 Å². The quantitative estimate of drug-likeness (QED) is 0.375. The molecule has 0 amide bonds. The Morgan fingerprint density at radius 1 is 0.870 bits per heavy atom. The first-order valence-corrected chi connectivity index (χ1v) is 10.1. The van der Waals surface area contributed by atoms with Gasteiger partial charge in [-0.25, -0.2) is 8.42 Å². The summed E-state index contributed by atoms with van der Waals surface area (Å²) in [5, 5.41) is -1.46. The van der Waals surface area contributed by atoms with Crippen LogP contribution in [0.15, 0.2) is 0 Å². The van der Waals surface area contributed by atoms with E-state index in [2.05, 4.69) is 6.92 Å². The summed E-state index contributed by atoms with van der Waals surface area (Å²) in [6.45, 7) is 5.56. The Bertz CT molecular complexity index is 443. The van der Waals surface area contributed by atoms with Crippen molar-refractivity contribution in [1.29, 1.82) is 0 Å². The number of carbonyl (C=O) groups is 2. The molecule has 23 heavy (non-hydrogen) atoms. The van der Waals surface area contributed by atoms with Crippen LogP contribution >= 0.6 is 0 Å². The smallest absolute Gasteiger partial charge is 0.324 e. The van der Waals surface area contributed by atoms with Crippen LogP contribution < -0.4 is 0 Å². The Hall–Kier alpha value is -1.11. The van der Waals surface area contributed by atoms with Gasteiger partial charge in [0, 0.05) is 0 Å². The fourth-order valence-electron chi connectivity index (χ4n) is 2.19. The summed E-state index contributed by atoms with van der Waals surface area (Å²) < 4.78 is 34.3. The summed E-state index contributed by atoms with van der Waals surface area (Å²) in [6.07, 6.45) is 5.14. The lowest BCUT2D eigenvalue weighted by Gasteiger charge is -2.15. The van der Waals surface area contributed by atoms with Crippen molar-refractivity contribution in [3.8, 4) is 0 Å². The Balaban J connectivity index is 4.64. The number of rotatable bonds is 13. The molecule has 0 aliphatic heterocycles. The van der Waals surface area contributed by atoms with E-state index in [-0.39, 0.29) is 19.0 Å². The van der Waals surface area contributed by atoms with Gasteiger partial charge in [-0.15, -0.1) is 0 Å². The minimum atomic E-state index is -3.73. The molecule has 0 bridgehead atoms. The molecule has 0 aromatic heterocycles. The third-order valence-electron chi connectivity index (χ3n) is 3.42. The molecule has 0 aliphatic carbocycles. The van der Waals surface area contributed by atoms with Crippen molar-refractivity contribution in [2.75, 3.05) is 19.0 Å². The number of esters is 2. The van der Waals surface area contributed by atoms with Gasteiger partial charge in [-0.2, -0.15) is 0 Å². The van der Waals surface area contributed by atoms with Crippen molar-refractivity contribution in [2.24, 2.45) is 0 Å². The van der Waals surface area contributed by atoms with Crippen LogP contribution in [0.25, 0.3) is 0 Å². The van der Waals surface area contributed by atoms with Crippen molar-refractivity contribution in [2.45, 2.75) is 71.0 Å². The molecule has 136 valence electrons. The van der Waals surface area contributed by atoms with Crippen LogP contribution in [0.3, 0.4) is 0 Å². The van der Waals surface area contributed by atoms with Crippen LogP contribution in [0.4, 0.5) is 0 Å². The number of sulfone groups is 1. The van der Waals surface area contributed by atoms with Crippen LogP contribution in [0.5, 0.6) is 0 Å². The molecular weight excluding hydrogens is 320 g/mol. The second-order valence-electron chi connectivity index (χ2n) is 5.38. The average molecular weight is 350 g/mol. The molecule has 1 unspecified atom stereocenters. The van der Waals surface area contributed by atoms with Crippen LogP contribution in [-0.2, 0) is 28.9 Å². The van der Waals surface area contributed by atoms with Gasteiger partial charge in [0.1, 0.15) is 0 Å². The summed E-state index contributed by atoms with van der Waals surface area (Å²) in [4.78, 5) is 23.5. The zero-order valence-electron chi connectivity index (χ0n) is 14.5. The molecule has 0 saturated heterocycles. The van der Waals surface area contributed by atoms with E-state index in [0.29, 0.717) is 6.42 Å². The van der Waals surface area contributed by atoms with Crippen molar-refractivity contribution >= 4 is 21.8 Å². The van der Waals surface area contributed by atoms with Crippen LogP contribution in [0, 0.1) is 0 Å². The zero-order chi connectivity index (χ0) is 17.7. The number of ether oxygens (including phenoxy) is 2.